The van der Waals surface area contributed by atoms with Crippen molar-refractivity contribution in [3.05, 3.63) is 95.1 Å². The summed E-state index contributed by atoms with van der Waals surface area (Å²) in [6, 6.07) is 23.6. The molecule has 5 nitrogen and oxygen atoms in total. The Morgan fingerprint density at radius 2 is 1.59 bits per heavy atom. The quantitative estimate of drug-likeness (QED) is 0.336. The Morgan fingerprint density at radius 3 is 2.34 bits per heavy atom. The van der Waals surface area contributed by atoms with Gasteiger partial charge in [-0.2, -0.15) is 15.0 Å². The number of ketones is 1. The van der Waals surface area contributed by atoms with E-state index in [9.17, 15) is 14.9 Å². The molecule has 0 amide bonds. The molecular formula is C24H13N3O2. The molecule has 5 rings (SSSR count). The Balaban J connectivity index is 1.73. The van der Waals surface area contributed by atoms with Crippen LogP contribution < -0.4 is 0 Å². The van der Waals surface area contributed by atoms with Crippen LogP contribution in [0.3, 0.4) is 0 Å². The van der Waals surface area contributed by atoms with Crippen LogP contribution in [0.2, 0.25) is 0 Å². The van der Waals surface area contributed by atoms with E-state index in [1.54, 1.807) is 30.3 Å². The molecule has 5 heteroatoms. The molecule has 1 aromatic heterocycles. The number of aromatic nitrogens is 2. The van der Waals surface area contributed by atoms with Crippen molar-refractivity contribution in [3.8, 4) is 17.3 Å². The van der Waals surface area contributed by atoms with Crippen molar-refractivity contribution in [3.63, 3.8) is 0 Å². The van der Waals surface area contributed by atoms with E-state index in [0.717, 1.165) is 5.56 Å². The SMILES string of the molecule is N#C/C(=C\c1ccccc1)C(=O)n1nc2c3c(cccc31)C(=O)c1ccccc1-2. The van der Waals surface area contributed by atoms with Gasteiger partial charge in [0.25, 0.3) is 5.91 Å². The van der Waals surface area contributed by atoms with Crippen LogP contribution in [0, 0.1) is 11.3 Å². The van der Waals surface area contributed by atoms with Gasteiger partial charge in [-0.1, -0.05) is 66.7 Å². The number of benzene rings is 3. The van der Waals surface area contributed by atoms with Crippen molar-refractivity contribution in [2.45, 2.75) is 0 Å². The highest BCUT2D eigenvalue weighted by Crippen LogP contribution is 2.38. The largest absolute Gasteiger partial charge is 0.289 e. The number of fused-ring (bicyclic) bond motifs is 2. The average molecular weight is 375 g/mol. The molecule has 1 aliphatic rings. The first kappa shape index (κ1) is 16.8. The number of carbonyl (C=O) groups excluding carboxylic acids is 2. The van der Waals surface area contributed by atoms with Gasteiger partial charge in [0.05, 0.1) is 5.52 Å². The topological polar surface area (TPSA) is 75.8 Å². The Hall–Kier alpha value is -4.30. The van der Waals surface area contributed by atoms with Gasteiger partial charge in [0.2, 0.25) is 0 Å². The minimum absolute atomic E-state index is 0.0311. The summed E-state index contributed by atoms with van der Waals surface area (Å²) in [6.45, 7) is 0. The molecule has 0 spiro atoms. The van der Waals surface area contributed by atoms with Crippen LogP contribution in [-0.4, -0.2) is 21.5 Å². The molecule has 0 aliphatic heterocycles. The van der Waals surface area contributed by atoms with E-state index in [-0.39, 0.29) is 11.4 Å². The molecule has 0 atom stereocenters. The monoisotopic (exact) mass is 375 g/mol. The molecule has 4 aromatic rings. The zero-order valence-corrected chi connectivity index (χ0v) is 15.2. The fourth-order valence-corrected chi connectivity index (χ4v) is 3.71. The predicted octanol–water partition coefficient (Wildman–Crippen LogP) is 4.50. The number of hydrogen-bond donors (Lipinski definition) is 0. The summed E-state index contributed by atoms with van der Waals surface area (Å²) in [5, 5.41) is 14.8. The average Bonchev–Trinajstić information content (AvgIpc) is 3.17. The molecule has 0 unspecified atom stereocenters. The fourth-order valence-electron chi connectivity index (χ4n) is 3.71. The maximum absolute atomic E-state index is 13.2. The summed E-state index contributed by atoms with van der Waals surface area (Å²) in [5.41, 5.74) is 3.58. The Morgan fingerprint density at radius 1 is 0.897 bits per heavy atom. The van der Waals surface area contributed by atoms with E-state index in [1.165, 1.54) is 10.8 Å². The third-order valence-electron chi connectivity index (χ3n) is 5.03. The molecule has 0 saturated carbocycles. The molecule has 3 aromatic carbocycles. The van der Waals surface area contributed by atoms with Crippen LogP contribution in [-0.2, 0) is 0 Å². The summed E-state index contributed by atoms with van der Waals surface area (Å²) in [5.74, 6) is -0.623. The smallest absolute Gasteiger partial charge is 0.289 e. The van der Waals surface area contributed by atoms with Crippen LogP contribution in [0.15, 0.2) is 78.4 Å². The van der Waals surface area contributed by atoms with Gasteiger partial charge in [0.15, 0.2) is 5.78 Å². The molecule has 1 heterocycles. The van der Waals surface area contributed by atoms with Crippen LogP contribution in [0.1, 0.15) is 26.3 Å². The van der Waals surface area contributed by atoms with E-state index in [2.05, 4.69) is 5.10 Å². The number of carbonyl (C=O) groups is 2. The summed E-state index contributed by atoms with van der Waals surface area (Å²) in [7, 11) is 0. The maximum atomic E-state index is 13.2. The normalized spacial score (nSPS) is 12.5. The van der Waals surface area contributed by atoms with Crippen molar-refractivity contribution in [2.24, 2.45) is 0 Å². The zero-order valence-electron chi connectivity index (χ0n) is 15.2. The maximum Gasteiger partial charge on any atom is 0.289 e. The Kier molecular flexibility index (Phi) is 3.71. The van der Waals surface area contributed by atoms with Crippen molar-refractivity contribution in [1.29, 1.82) is 5.26 Å². The van der Waals surface area contributed by atoms with Gasteiger partial charge >= 0.3 is 0 Å². The lowest BCUT2D eigenvalue weighted by atomic mass is 9.87. The van der Waals surface area contributed by atoms with Crippen LogP contribution in [0.5, 0.6) is 0 Å². The Labute approximate surface area is 166 Å². The lowest BCUT2D eigenvalue weighted by molar-refractivity contribution is 0.0951. The van der Waals surface area contributed by atoms with Crippen LogP contribution in [0.4, 0.5) is 0 Å². The second kappa shape index (κ2) is 6.39. The second-order valence-corrected chi connectivity index (χ2v) is 6.72. The van der Waals surface area contributed by atoms with E-state index >= 15 is 0 Å². The number of allylic oxidation sites excluding steroid dienone is 1. The van der Waals surface area contributed by atoms with Crippen molar-refractivity contribution >= 4 is 28.7 Å². The van der Waals surface area contributed by atoms with Crippen LogP contribution >= 0.6 is 0 Å². The number of rotatable bonds is 2. The standard InChI is InChI=1S/C24H13N3O2/c25-14-16(13-15-7-2-1-3-8-15)24(29)27-20-12-6-11-19-21(20)22(26-27)17-9-4-5-10-18(17)23(19)28/h1-13H/b16-13+. The fraction of sp³-hybridized carbons (Fsp3) is 0. The van der Waals surface area contributed by atoms with Crippen molar-refractivity contribution in [1.82, 2.24) is 9.78 Å². The number of nitriles is 1. The van der Waals surface area contributed by atoms with Gasteiger partial charge in [0, 0.05) is 22.1 Å². The predicted molar refractivity (Wildman–Crippen MR) is 109 cm³/mol. The van der Waals surface area contributed by atoms with E-state index in [1.807, 2.05) is 48.5 Å². The summed E-state index contributed by atoms with van der Waals surface area (Å²) in [4.78, 5) is 26.1. The van der Waals surface area contributed by atoms with Gasteiger partial charge in [-0.25, -0.2) is 0 Å². The molecule has 0 radical (unpaired) electrons. The highest BCUT2D eigenvalue weighted by atomic mass is 16.2. The zero-order chi connectivity index (χ0) is 20.0. The number of nitrogens with zero attached hydrogens (tertiary/aromatic N) is 3. The third-order valence-corrected chi connectivity index (χ3v) is 5.03. The summed E-state index contributed by atoms with van der Waals surface area (Å²) < 4.78 is 1.22. The van der Waals surface area contributed by atoms with Gasteiger partial charge in [-0.3, -0.25) is 9.59 Å². The van der Waals surface area contributed by atoms with Crippen LogP contribution in [0.25, 0.3) is 28.2 Å². The van der Waals surface area contributed by atoms with Gasteiger partial charge < -0.3 is 0 Å². The third kappa shape index (κ3) is 2.51. The first-order valence-electron chi connectivity index (χ1n) is 9.06. The molecule has 29 heavy (non-hydrogen) atoms. The molecule has 0 fully saturated rings. The lowest BCUT2D eigenvalue weighted by Gasteiger charge is -2.13. The molecule has 136 valence electrons. The molecule has 0 N–H and O–H groups in total. The van der Waals surface area contributed by atoms with Crippen molar-refractivity contribution in [2.75, 3.05) is 0 Å². The summed E-state index contributed by atoms with van der Waals surface area (Å²) in [6.07, 6.45) is 1.54. The minimum Gasteiger partial charge on any atom is -0.289 e. The van der Waals surface area contributed by atoms with E-state index < -0.39 is 5.91 Å². The first-order valence-corrected chi connectivity index (χ1v) is 9.06. The van der Waals surface area contributed by atoms with Gasteiger partial charge in [0.1, 0.15) is 17.3 Å². The van der Waals surface area contributed by atoms with Crippen molar-refractivity contribution < 1.29 is 9.59 Å². The molecular weight excluding hydrogens is 362 g/mol. The lowest BCUT2D eigenvalue weighted by Crippen LogP contribution is -2.14. The molecule has 1 aliphatic carbocycles. The molecule has 0 bridgehead atoms. The highest BCUT2D eigenvalue weighted by Gasteiger charge is 2.30. The minimum atomic E-state index is -0.531. The molecule has 0 saturated heterocycles. The van der Waals surface area contributed by atoms with E-state index in [0.29, 0.717) is 33.3 Å². The summed E-state index contributed by atoms with van der Waals surface area (Å²) >= 11 is 0. The Bertz CT molecular complexity index is 1390. The highest BCUT2D eigenvalue weighted by molar-refractivity contribution is 6.26. The van der Waals surface area contributed by atoms with Gasteiger partial charge in [-0.05, 0) is 17.7 Å². The first-order chi connectivity index (χ1) is 14.2. The second-order valence-electron chi connectivity index (χ2n) is 6.72. The van der Waals surface area contributed by atoms with Gasteiger partial charge in [-0.15, -0.1) is 0 Å². The van der Waals surface area contributed by atoms with E-state index in [4.69, 9.17) is 0 Å². The number of hydrogen-bond acceptors (Lipinski definition) is 4.